The summed E-state index contributed by atoms with van der Waals surface area (Å²) >= 11 is 12.2. The molecule has 5 rings (SSSR count). The lowest BCUT2D eigenvalue weighted by atomic mass is 9.84. The normalized spacial score (nSPS) is 27.1. The van der Waals surface area contributed by atoms with Gasteiger partial charge < -0.3 is 10.6 Å². The van der Waals surface area contributed by atoms with Crippen LogP contribution in [0, 0.1) is 11.8 Å². The first-order chi connectivity index (χ1) is 13.9. The van der Waals surface area contributed by atoms with E-state index >= 15 is 0 Å². The largest absolute Gasteiger partial charge is 0.368 e. The lowest BCUT2D eigenvalue weighted by Crippen LogP contribution is -2.46. The maximum absolute atomic E-state index is 13.5. The molecule has 4 atom stereocenters. The highest BCUT2D eigenvalue weighted by Gasteiger charge is 2.64. The van der Waals surface area contributed by atoms with Gasteiger partial charge in [-0.2, -0.15) is 0 Å². The van der Waals surface area contributed by atoms with E-state index in [0.717, 1.165) is 16.0 Å². The lowest BCUT2D eigenvalue weighted by molar-refractivity contribution is -0.129. The molecule has 2 N–H and O–H groups in total. The number of nitrogens with two attached hydrogens (primary N) is 1. The number of carbonyl (C=O) groups excluding carboxylic acids is 3. The van der Waals surface area contributed by atoms with E-state index in [2.05, 4.69) is 0 Å². The summed E-state index contributed by atoms with van der Waals surface area (Å²) in [5.41, 5.74) is 7.81. The zero-order chi connectivity index (χ0) is 20.4. The Hall–Kier alpha value is -2.83. The van der Waals surface area contributed by atoms with Crippen molar-refractivity contribution in [1.82, 2.24) is 4.90 Å². The summed E-state index contributed by atoms with van der Waals surface area (Å²) in [4.78, 5) is 42.0. The summed E-state index contributed by atoms with van der Waals surface area (Å²) in [5.74, 6) is -3.11. The molecule has 6 nitrogen and oxygen atoms in total. The molecule has 0 spiro atoms. The van der Waals surface area contributed by atoms with Crippen molar-refractivity contribution in [1.29, 1.82) is 0 Å². The lowest BCUT2D eigenvalue weighted by Gasteiger charge is -2.34. The van der Waals surface area contributed by atoms with Gasteiger partial charge in [0.05, 0.1) is 23.6 Å². The molecule has 2 fully saturated rings. The van der Waals surface area contributed by atoms with Crippen molar-refractivity contribution in [3.05, 3.63) is 69.8 Å². The standard InChI is InChI=1S/C21H15Cl2N3O3/c22-11-7-12(23)9-13(8-11)26-20(28)15-16(21(26)29)18(19(24)27)25-6-5-10-3-1-2-4-14(10)17(15)25/h1-9,15-18H,(H2,24,27)/t15-,16+,17+,18-/m0/s1. The van der Waals surface area contributed by atoms with E-state index in [0.29, 0.717) is 15.7 Å². The molecule has 0 aromatic heterocycles. The number of primary amides is 1. The molecule has 2 aromatic rings. The van der Waals surface area contributed by atoms with Crippen molar-refractivity contribution in [2.24, 2.45) is 17.6 Å². The Morgan fingerprint density at radius 2 is 1.62 bits per heavy atom. The fraction of sp³-hybridized carbons (Fsp3) is 0.190. The van der Waals surface area contributed by atoms with Crippen molar-refractivity contribution in [2.75, 3.05) is 4.90 Å². The van der Waals surface area contributed by atoms with Gasteiger partial charge in [-0.1, -0.05) is 47.5 Å². The first kappa shape index (κ1) is 18.2. The number of carbonyl (C=O) groups is 3. The number of benzene rings is 2. The van der Waals surface area contributed by atoms with Gasteiger partial charge >= 0.3 is 0 Å². The molecule has 0 saturated carbocycles. The second-order valence-electron chi connectivity index (χ2n) is 7.38. The molecule has 0 aliphatic carbocycles. The maximum atomic E-state index is 13.5. The number of rotatable bonds is 2. The number of hydrogen-bond donors (Lipinski definition) is 1. The predicted octanol–water partition coefficient (Wildman–Crippen LogP) is 2.99. The number of imide groups is 1. The number of amides is 3. The first-order valence-electron chi connectivity index (χ1n) is 9.06. The molecule has 0 bridgehead atoms. The van der Waals surface area contributed by atoms with Crippen molar-refractivity contribution < 1.29 is 14.4 Å². The van der Waals surface area contributed by atoms with Crippen molar-refractivity contribution in [3.63, 3.8) is 0 Å². The van der Waals surface area contributed by atoms with Crippen LogP contribution in [0.15, 0.2) is 48.7 Å². The van der Waals surface area contributed by atoms with Crippen LogP contribution in [-0.4, -0.2) is 28.7 Å². The van der Waals surface area contributed by atoms with Crippen LogP contribution >= 0.6 is 23.2 Å². The summed E-state index contributed by atoms with van der Waals surface area (Å²) in [6.45, 7) is 0. The highest BCUT2D eigenvalue weighted by molar-refractivity contribution is 6.35. The van der Waals surface area contributed by atoms with Gasteiger partial charge in [-0.15, -0.1) is 0 Å². The number of hydrogen-bond acceptors (Lipinski definition) is 4. The smallest absolute Gasteiger partial charge is 0.240 e. The molecule has 29 heavy (non-hydrogen) atoms. The van der Waals surface area contributed by atoms with E-state index < -0.39 is 35.7 Å². The van der Waals surface area contributed by atoms with Crippen LogP contribution in [0.25, 0.3) is 6.08 Å². The topological polar surface area (TPSA) is 83.7 Å². The van der Waals surface area contributed by atoms with Crippen LogP contribution in [0.1, 0.15) is 17.2 Å². The van der Waals surface area contributed by atoms with E-state index in [-0.39, 0.29) is 5.91 Å². The first-order valence-corrected chi connectivity index (χ1v) is 9.82. The average Bonchev–Trinajstić information content (AvgIpc) is 3.14. The fourth-order valence-corrected chi connectivity index (χ4v) is 5.32. The Bertz CT molecular complexity index is 1100. The molecular formula is C21H15Cl2N3O3. The molecule has 0 radical (unpaired) electrons. The van der Waals surface area contributed by atoms with E-state index in [9.17, 15) is 14.4 Å². The van der Waals surface area contributed by atoms with Crippen LogP contribution in [0.4, 0.5) is 5.69 Å². The second-order valence-corrected chi connectivity index (χ2v) is 8.25. The summed E-state index contributed by atoms with van der Waals surface area (Å²) in [6.07, 6.45) is 3.62. The van der Waals surface area contributed by atoms with Gasteiger partial charge in [0.15, 0.2) is 0 Å². The van der Waals surface area contributed by atoms with Crippen LogP contribution in [-0.2, 0) is 14.4 Å². The summed E-state index contributed by atoms with van der Waals surface area (Å²) < 4.78 is 0. The van der Waals surface area contributed by atoms with Gasteiger partial charge in [0, 0.05) is 16.2 Å². The van der Waals surface area contributed by atoms with Crippen molar-refractivity contribution in [3.8, 4) is 0 Å². The van der Waals surface area contributed by atoms with Gasteiger partial charge in [0.25, 0.3) is 0 Å². The van der Waals surface area contributed by atoms with Gasteiger partial charge in [0.2, 0.25) is 17.7 Å². The van der Waals surface area contributed by atoms with Crippen LogP contribution in [0.2, 0.25) is 10.0 Å². The number of anilines is 1. The predicted molar refractivity (Wildman–Crippen MR) is 109 cm³/mol. The monoisotopic (exact) mass is 427 g/mol. The minimum atomic E-state index is -0.911. The van der Waals surface area contributed by atoms with Crippen molar-refractivity contribution >= 4 is 52.7 Å². The van der Waals surface area contributed by atoms with Gasteiger partial charge in [-0.3, -0.25) is 14.4 Å². The quantitative estimate of drug-likeness (QED) is 0.746. The van der Waals surface area contributed by atoms with Crippen LogP contribution < -0.4 is 10.6 Å². The zero-order valence-corrected chi connectivity index (χ0v) is 16.5. The Balaban J connectivity index is 1.66. The minimum absolute atomic E-state index is 0.293. The van der Waals surface area contributed by atoms with Crippen molar-refractivity contribution in [2.45, 2.75) is 12.1 Å². The van der Waals surface area contributed by atoms with E-state index in [4.69, 9.17) is 28.9 Å². The number of fused-ring (bicyclic) bond motifs is 5. The Morgan fingerprint density at radius 3 is 2.31 bits per heavy atom. The molecule has 0 unspecified atom stereocenters. The fourth-order valence-electron chi connectivity index (χ4n) is 4.81. The zero-order valence-electron chi connectivity index (χ0n) is 15.0. The third-order valence-electron chi connectivity index (χ3n) is 5.86. The Labute approximate surface area is 176 Å². The summed E-state index contributed by atoms with van der Waals surface area (Å²) in [6, 6.07) is 10.8. The molecule has 8 heteroatoms. The molecule has 3 heterocycles. The molecular weight excluding hydrogens is 413 g/mol. The number of nitrogens with zero attached hydrogens (tertiary/aromatic N) is 2. The molecule has 3 aliphatic rings. The Kier molecular flexibility index (Phi) is 3.98. The summed E-state index contributed by atoms with van der Waals surface area (Å²) in [5, 5.41) is 0.619. The van der Waals surface area contributed by atoms with Gasteiger partial charge in [0.1, 0.15) is 6.04 Å². The maximum Gasteiger partial charge on any atom is 0.240 e. The Morgan fingerprint density at radius 1 is 0.966 bits per heavy atom. The molecule has 3 aliphatic heterocycles. The summed E-state index contributed by atoms with van der Waals surface area (Å²) in [7, 11) is 0. The highest BCUT2D eigenvalue weighted by atomic mass is 35.5. The van der Waals surface area contributed by atoms with E-state index in [1.54, 1.807) is 11.1 Å². The van der Waals surface area contributed by atoms with E-state index in [1.807, 2.05) is 30.3 Å². The van der Waals surface area contributed by atoms with Crippen LogP contribution in [0.5, 0.6) is 0 Å². The SMILES string of the molecule is NC(=O)[C@@H]1[C@@H]2C(=O)N(c3cc(Cl)cc(Cl)c3)C(=O)[C@@H]2[C@H]2c3ccccc3C=CN12. The van der Waals surface area contributed by atoms with Gasteiger partial charge in [-0.05, 0) is 35.4 Å². The van der Waals surface area contributed by atoms with Gasteiger partial charge in [-0.25, -0.2) is 4.90 Å². The van der Waals surface area contributed by atoms with Crippen LogP contribution in [0.3, 0.4) is 0 Å². The van der Waals surface area contributed by atoms with E-state index in [1.165, 1.54) is 18.2 Å². The number of halogens is 2. The third-order valence-corrected chi connectivity index (χ3v) is 6.30. The average molecular weight is 428 g/mol. The third kappa shape index (κ3) is 2.52. The molecule has 2 aromatic carbocycles. The molecule has 3 amide bonds. The highest BCUT2D eigenvalue weighted by Crippen LogP contribution is 2.53. The minimum Gasteiger partial charge on any atom is -0.368 e. The second kappa shape index (κ2) is 6.34. The molecule has 2 saturated heterocycles. The molecule has 146 valence electrons.